The summed E-state index contributed by atoms with van der Waals surface area (Å²) in [6, 6.07) is 23.6. The fourth-order valence-corrected chi connectivity index (χ4v) is 3.33. The molecule has 0 aliphatic rings. The van der Waals surface area contributed by atoms with E-state index in [2.05, 4.69) is 0 Å². The van der Waals surface area contributed by atoms with Crippen molar-refractivity contribution in [3.8, 4) is 5.75 Å². The molecule has 4 rings (SSSR count). The normalized spacial score (nSPS) is 11.5. The van der Waals surface area contributed by atoms with E-state index in [1.54, 1.807) is 36.4 Å². The van der Waals surface area contributed by atoms with Crippen LogP contribution in [0.1, 0.15) is 15.9 Å². The van der Waals surface area contributed by atoms with Gasteiger partial charge in [0.25, 0.3) is 0 Å². The Balaban J connectivity index is 1.75. The zero-order valence-electron chi connectivity index (χ0n) is 16.1. The monoisotopic (exact) mass is 402 g/mol. The van der Waals surface area contributed by atoms with Crippen molar-refractivity contribution in [1.82, 2.24) is 0 Å². The summed E-state index contributed by atoms with van der Waals surface area (Å²) in [6.45, 7) is 0. The number of methoxy groups -OCH3 is 1. The quantitative estimate of drug-likeness (QED) is 0.127. The third kappa shape index (κ3) is 4.18. The van der Waals surface area contributed by atoms with E-state index in [1.807, 2.05) is 42.5 Å². The van der Waals surface area contributed by atoms with Crippen LogP contribution in [0.5, 0.6) is 5.75 Å². The van der Waals surface area contributed by atoms with Gasteiger partial charge in [-0.25, -0.2) is 8.63 Å². The van der Waals surface area contributed by atoms with Crippen molar-refractivity contribution in [3.63, 3.8) is 0 Å². The number of hydrogen-bond donors (Lipinski definition) is 0. The van der Waals surface area contributed by atoms with Crippen molar-refractivity contribution in [3.05, 3.63) is 96.1 Å². The summed E-state index contributed by atoms with van der Waals surface area (Å²) in [5.41, 5.74) is 0.748. The molecule has 148 valence electrons. The lowest BCUT2D eigenvalue weighted by atomic mass is 10.00. The van der Waals surface area contributed by atoms with Crippen LogP contribution >= 0.6 is 0 Å². The number of benzene rings is 4. The largest absolute Gasteiger partial charge is 0.796 e. The van der Waals surface area contributed by atoms with Crippen LogP contribution < -0.4 is 4.74 Å². The SMILES string of the molecule is COc1ccc(C(=O)/C=C(\OB(F)F)c2ccc3cc4ccccc4cc3c2)cc1. The molecule has 0 saturated heterocycles. The smallest absolute Gasteiger partial charge is 0.505 e. The third-order valence-electron chi connectivity index (χ3n) is 4.84. The first-order chi connectivity index (χ1) is 14.5. The number of fused-ring (bicyclic) bond motifs is 2. The number of ketones is 1. The van der Waals surface area contributed by atoms with Crippen LogP contribution in [-0.2, 0) is 4.65 Å². The predicted octanol–water partition coefficient (Wildman–Crippen LogP) is 6.17. The third-order valence-corrected chi connectivity index (χ3v) is 4.84. The molecule has 4 aromatic rings. The zero-order chi connectivity index (χ0) is 21.1. The second kappa shape index (κ2) is 8.37. The maximum absolute atomic E-state index is 13.1. The molecular formula is C24H17BF2O3. The van der Waals surface area contributed by atoms with Crippen LogP contribution in [-0.4, -0.2) is 20.4 Å². The molecule has 0 unspecified atom stereocenters. The van der Waals surface area contributed by atoms with Gasteiger partial charge in [0.2, 0.25) is 0 Å². The Morgan fingerprint density at radius 3 is 2.03 bits per heavy atom. The topological polar surface area (TPSA) is 35.5 Å². The Kier molecular flexibility index (Phi) is 5.48. The Labute approximate surface area is 172 Å². The number of carbonyl (C=O) groups is 1. The van der Waals surface area contributed by atoms with Crippen molar-refractivity contribution >= 4 is 40.6 Å². The average molecular weight is 402 g/mol. The first-order valence-corrected chi connectivity index (χ1v) is 9.31. The summed E-state index contributed by atoms with van der Waals surface area (Å²) >= 11 is 0. The molecule has 0 aliphatic carbocycles. The molecule has 0 bridgehead atoms. The number of halogens is 2. The van der Waals surface area contributed by atoms with Crippen LogP contribution in [0.15, 0.2) is 84.9 Å². The summed E-state index contributed by atoms with van der Waals surface area (Å²) in [5, 5.41) is 3.96. The molecule has 0 aliphatic heterocycles. The van der Waals surface area contributed by atoms with Gasteiger partial charge >= 0.3 is 7.47 Å². The second-order valence-corrected chi connectivity index (χ2v) is 6.74. The molecule has 0 saturated carbocycles. The number of hydrogen-bond acceptors (Lipinski definition) is 3. The van der Waals surface area contributed by atoms with E-state index in [0.717, 1.165) is 27.6 Å². The van der Waals surface area contributed by atoms with E-state index >= 15 is 0 Å². The standard InChI is InChI=1S/C24H17BF2O3/c1-29-22-10-8-16(9-11-22)23(28)15-24(30-25(26)27)20-7-6-19-12-17-4-2-3-5-18(17)13-21(19)14-20/h2-15H,1H3/b24-15-. The van der Waals surface area contributed by atoms with Gasteiger partial charge in [-0.2, -0.15) is 0 Å². The highest BCUT2D eigenvalue weighted by Gasteiger charge is 2.21. The fraction of sp³-hybridized carbons (Fsp3) is 0.0417. The highest BCUT2D eigenvalue weighted by atomic mass is 19.2. The maximum atomic E-state index is 13.1. The Morgan fingerprint density at radius 2 is 1.40 bits per heavy atom. The molecule has 0 radical (unpaired) electrons. The molecular weight excluding hydrogens is 385 g/mol. The number of rotatable bonds is 6. The highest BCUT2D eigenvalue weighted by molar-refractivity contribution is 6.36. The lowest BCUT2D eigenvalue weighted by Gasteiger charge is -2.11. The van der Waals surface area contributed by atoms with Crippen molar-refractivity contribution in [1.29, 1.82) is 0 Å². The summed E-state index contributed by atoms with van der Waals surface area (Å²) in [6.07, 6.45) is 1.09. The Hall–Kier alpha value is -3.67. The predicted molar refractivity (Wildman–Crippen MR) is 116 cm³/mol. The van der Waals surface area contributed by atoms with E-state index in [-0.39, 0.29) is 5.76 Å². The van der Waals surface area contributed by atoms with Gasteiger partial charge in [0, 0.05) is 17.2 Å². The fourth-order valence-electron chi connectivity index (χ4n) is 3.33. The van der Waals surface area contributed by atoms with Crippen LogP contribution in [0.2, 0.25) is 0 Å². The zero-order valence-corrected chi connectivity index (χ0v) is 16.1. The summed E-state index contributed by atoms with van der Waals surface area (Å²) in [4.78, 5) is 12.6. The van der Waals surface area contributed by atoms with E-state index in [0.29, 0.717) is 16.9 Å². The van der Waals surface area contributed by atoms with Crippen LogP contribution in [0, 0.1) is 0 Å². The van der Waals surface area contributed by atoms with Crippen molar-refractivity contribution in [2.24, 2.45) is 0 Å². The van der Waals surface area contributed by atoms with Crippen molar-refractivity contribution in [2.75, 3.05) is 7.11 Å². The molecule has 0 N–H and O–H groups in total. The molecule has 0 fully saturated rings. The van der Waals surface area contributed by atoms with Crippen LogP contribution in [0.3, 0.4) is 0 Å². The van der Waals surface area contributed by atoms with Gasteiger partial charge in [-0.1, -0.05) is 36.4 Å². The van der Waals surface area contributed by atoms with Crippen LogP contribution in [0.25, 0.3) is 27.3 Å². The molecule has 0 aromatic heterocycles. The minimum absolute atomic E-state index is 0.180. The average Bonchev–Trinajstić information content (AvgIpc) is 2.76. The van der Waals surface area contributed by atoms with Crippen LogP contribution in [0.4, 0.5) is 8.63 Å². The molecule has 0 spiro atoms. The van der Waals surface area contributed by atoms with Gasteiger partial charge in [0.15, 0.2) is 5.78 Å². The Morgan fingerprint density at radius 1 is 0.800 bits per heavy atom. The van der Waals surface area contributed by atoms with Gasteiger partial charge in [-0.3, -0.25) is 4.79 Å². The first kappa shape index (κ1) is 19.6. The summed E-state index contributed by atoms with van der Waals surface area (Å²) < 4.78 is 35.9. The molecule has 6 heteroatoms. The van der Waals surface area contributed by atoms with Gasteiger partial charge in [0.1, 0.15) is 11.5 Å². The number of ether oxygens (including phenoxy) is 1. The lowest BCUT2D eigenvalue weighted by molar-refractivity contribution is 0.104. The number of allylic oxidation sites excluding steroid dienone is 1. The Bertz CT molecular complexity index is 1250. The first-order valence-electron chi connectivity index (χ1n) is 9.31. The molecule has 30 heavy (non-hydrogen) atoms. The van der Waals surface area contributed by atoms with E-state index < -0.39 is 13.3 Å². The molecule has 0 amide bonds. The minimum atomic E-state index is -3.05. The minimum Gasteiger partial charge on any atom is -0.505 e. The van der Waals surface area contributed by atoms with Crippen molar-refractivity contribution < 1.29 is 22.8 Å². The van der Waals surface area contributed by atoms with Gasteiger partial charge in [-0.15, -0.1) is 0 Å². The summed E-state index contributed by atoms with van der Waals surface area (Å²) in [5.74, 6) is -0.0193. The second-order valence-electron chi connectivity index (χ2n) is 6.74. The molecule has 3 nitrogen and oxygen atoms in total. The molecule has 4 aromatic carbocycles. The van der Waals surface area contributed by atoms with Gasteiger partial charge in [-0.05, 0) is 64.0 Å². The van der Waals surface area contributed by atoms with Gasteiger partial charge in [0.05, 0.1) is 7.11 Å². The van der Waals surface area contributed by atoms with E-state index in [1.165, 1.54) is 7.11 Å². The summed E-state index contributed by atoms with van der Waals surface area (Å²) in [7, 11) is -1.53. The lowest BCUT2D eigenvalue weighted by Crippen LogP contribution is -2.06. The van der Waals surface area contributed by atoms with E-state index in [4.69, 9.17) is 9.39 Å². The van der Waals surface area contributed by atoms with Gasteiger partial charge < -0.3 is 9.39 Å². The molecule has 0 atom stereocenters. The van der Waals surface area contributed by atoms with Crippen molar-refractivity contribution in [2.45, 2.75) is 0 Å². The van der Waals surface area contributed by atoms with E-state index in [9.17, 15) is 13.4 Å². The maximum Gasteiger partial charge on any atom is 0.796 e. The molecule has 0 heterocycles. The number of carbonyl (C=O) groups excluding carboxylic acids is 1. The highest BCUT2D eigenvalue weighted by Crippen LogP contribution is 2.27.